The first-order valence-corrected chi connectivity index (χ1v) is 12.2. The second kappa shape index (κ2) is 10.4. The first kappa shape index (κ1) is 24.5. The number of likely N-dealkylation sites (tertiary alicyclic amines) is 1. The Hall–Kier alpha value is -4.17. The molecule has 1 saturated heterocycles. The molecule has 1 aliphatic carbocycles. The zero-order valence-electron chi connectivity index (χ0n) is 20.4. The largest absolute Gasteiger partial charge is 0.467 e. The van der Waals surface area contributed by atoms with Gasteiger partial charge in [0.15, 0.2) is 0 Å². The highest BCUT2D eigenvalue weighted by Crippen LogP contribution is 2.44. The van der Waals surface area contributed by atoms with Crippen LogP contribution < -0.4 is 5.32 Å². The molecule has 3 aromatic rings. The van der Waals surface area contributed by atoms with Gasteiger partial charge < -0.3 is 24.8 Å². The maximum Gasteiger partial charge on any atom is 0.407 e. The zero-order valence-corrected chi connectivity index (χ0v) is 20.4. The number of fused-ring (bicyclic) bond motifs is 3. The number of esters is 1. The van der Waals surface area contributed by atoms with E-state index >= 15 is 0 Å². The molecule has 37 heavy (non-hydrogen) atoms. The van der Waals surface area contributed by atoms with Crippen LogP contribution in [0.15, 0.2) is 78.9 Å². The number of benzene rings is 3. The number of alkyl carbamates (subject to hydrolysis) is 1. The van der Waals surface area contributed by atoms with E-state index < -0.39 is 36.2 Å². The summed E-state index contributed by atoms with van der Waals surface area (Å²) in [4.78, 5) is 39.7. The summed E-state index contributed by atoms with van der Waals surface area (Å²) < 4.78 is 10.5. The van der Waals surface area contributed by atoms with Gasteiger partial charge in [-0.2, -0.15) is 0 Å². The number of rotatable bonds is 7. The Kier molecular flexibility index (Phi) is 6.92. The number of hydrogen-bond acceptors (Lipinski definition) is 6. The fourth-order valence-electron chi connectivity index (χ4n) is 5.24. The van der Waals surface area contributed by atoms with Crippen molar-refractivity contribution in [1.29, 1.82) is 0 Å². The van der Waals surface area contributed by atoms with Crippen LogP contribution in [-0.4, -0.2) is 66.4 Å². The number of methoxy groups -OCH3 is 1. The number of ether oxygens (including phenoxy) is 2. The lowest BCUT2D eigenvalue weighted by Crippen LogP contribution is -2.49. The Morgan fingerprint density at radius 1 is 0.973 bits per heavy atom. The smallest absolute Gasteiger partial charge is 0.407 e. The minimum atomic E-state index is -1.22. The second-order valence-electron chi connectivity index (χ2n) is 9.23. The van der Waals surface area contributed by atoms with Crippen molar-refractivity contribution in [2.24, 2.45) is 0 Å². The van der Waals surface area contributed by atoms with Crippen molar-refractivity contribution in [3.05, 3.63) is 95.6 Å². The Morgan fingerprint density at radius 3 is 2.19 bits per heavy atom. The number of β-amino-alcohol motifs (C(OH)–C–C–N with tert-alkyl or cyclic N) is 1. The summed E-state index contributed by atoms with van der Waals surface area (Å²) in [5.41, 5.74) is 5.20. The van der Waals surface area contributed by atoms with Crippen molar-refractivity contribution in [2.75, 3.05) is 20.3 Å². The van der Waals surface area contributed by atoms with Crippen LogP contribution in [0.4, 0.5) is 4.79 Å². The third-order valence-corrected chi connectivity index (χ3v) is 7.06. The maximum atomic E-state index is 13.2. The topological polar surface area (TPSA) is 105 Å². The molecule has 2 aliphatic rings. The van der Waals surface area contributed by atoms with E-state index in [2.05, 4.69) is 5.32 Å². The molecule has 1 heterocycles. The Morgan fingerprint density at radius 2 is 1.57 bits per heavy atom. The Labute approximate surface area is 214 Å². The Balaban J connectivity index is 1.25. The third-order valence-electron chi connectivity index (χ3n) is 7.06. The molecule has 1 aliphatic heterocycles. The van der Waals surface area contributed by atoms with Gasteiger partial charge in [0, 0.05) is 12.3 Å². The lowest BCUT2D eigenvalue weighted by molar-refractivity contribution is -0.151. The van der Waals surface area contributed by atoms with Crippen molar-refractivity contribution in [2.45, 2.75) is 30.5 Å². The number of amides is 2. The van der Waals surface area contributed by atoms with Crippen LogP contribution in [0.2, 0.25) is 0 Å². The highest BCUT2D eigenvalue weighted by atomic mass is 16.5. The van der Waals surface area contributed by atoms with Crippen molar-refractivity contribution in [3.63, 3.8) is 0 Å². The normalized spacial score (nSPS) is 19.2. The molecule has 1 fully saturated rings. The number of aliphatic hydroxyl groups excluding tert-OH is 1. The van der Waals surface area contributed by atoms with Crippen LogP contribution >= 0.6 is 0 Å². The van der Waals surface area contributed by atoms with E-state index in [1.807, 2.05) is 78.9 Å². The van der Waals surface area contributed by atoms with Gasteiger partial charge in [-0.25, -0.2) is 9.59 Å². The van der Waals surface area contributed by atoms with Crippen molar-refractivity contribution in [3.8, 4) is 11.1 Å². The molecule has 0 spiro atoms. The molecule has 0 radical (unpaired) electrons. The van der Waals surface area contributed by atoms with Crippen LogP contribution in [0.25, 0.3) is 11.1 Å². The molecular formula is C29H28N2O6. The van der Waals surface area contributed by atoms with Gasteiger partial charge in [0.1, 0.15) is 24.8 Å². The number of nitrogens with zero attached hydrogens (tertiary/aromatic N) is 1. The molecule has 0 bridgehead atoms. The fraction of sp³-hybridized carbons (Fsp3) is 0.276. The molecule has 0 aromatic heterocycles. The molecule has 2 amide bonds. The summed E-state index contributed by atoms with van der Waals surface area (Å²) in [7, 11) is 1.25. The van der Waals surface area contributed by atoms with Crippen LogP contribution in [0.3, 0.4) is 0 Å². The summed E-state index contributed by atoms with van der Waals surface area (Å²) in [5, 5.41) is 13.1. The quantitative estimate of drug-likeness (QED) is 0.484. The second-order valence-corrected chi connectivity index (χ2v) is 9.23. The van der Waals surface area contributed by atoms with Gasteiger partial charge >= 0.3 is 12.1 Å². The molecule has 8 nitrogen and oxygen atoms in total. The van der Waals surface area contributed by atoms with E-state index in [4.69, 9.17) is 9.47 Å². The zero-order chi connectivity index (χ0) is 25.9. The summed E-state index contributed by atoms with van der Waals surface area (Å²) in [6, 6.07) is 23.1. The van der Waals surface area contributed by atoms with Gasteiger partial charge in [0.05, 0.1) is 13.7 Å². The predicted molar refractivity (Wildman–Crippen MR) is 136 cm³/mol. The van der Waals surface area contributed by atoms with Gasteiger partial charge in [-0.3, -0.25) is 4.79 Å². The number of nitrogens with one attached hydrogen (secondary N) is 1. The number of carbonyl (C=O) groups is 3. The number of hydrogen-bond donors (Lipinski definition) is 2. The average molecular weight is 501 g/mol. The first-order valence-electron chi connectivity index (χ1n) is 12.2. The van der Waals surface area contributed by atoms with E-state index in [0.29, 0.717) is 0 Å². The van der Waals surface area contributed by atoms with E-state index in [1.54, 1.807) is 0 Å². The Bertz CT molecular complexity index is 1270. The molecule has 0 saturated carbocycles. The molecule has 5 rings (SSSR count). The summed E-state index contributed by atoms with van der Waals surface area (Å²) >= 11 is 0. The van der Waals surface area contributed by atoms with Gasteiger partial charge in [-0.15, -0.1) is 0 Å². The van der Waals surface area contributed by atoms with E-state index in [9.17, 15) is 19.5 Å². The minimum absolute atomic E-state index is 0.0827. The van der Waals surface area contributed by atoms with Crippen molar-refractivity contribution < 1.29 is 29.0 Å². The van der Waals surface area contributed by atoms with Gasteiger partial charge in [0.2, 0.25) is 5.91 Å². The molecule has 2 N–H and O–H groups in total. The third kappa shape index (κ3) is 4.80. The standard InChI is InChI=1S/C29H28N2O6/c1-36-28(34)24(15-18-9-3-2-4-10-18)31-16-25(32)26(27(31)33)30-29(35)37-17-23-21-13-7-5-11-19(21)20-12-6-8-14-22(20)23/h2-14,23-26,32H,15-17H2,1H3,(H,30,35)/t24-,25?,26-/m0/s1. The summed E-state index contributed by atoms with van der Waals surface area (Å²) in [6.45, 7) is -0.0286. The molecule has 3 atom stereocenters. The number of carbonyl (C=O) groups excluding carboxylic acids is 3. The van der Waals surface area contributed by atoms with Crippen LogP contribution in [-0.2, 0) is 25.5 Å². The molecule has 1 unspecified atom stereocenters. The van der Waals surface area contributed by atoms with Crippen LogP contribution in [0.1, 0.15) is 22.6 Å². The van der Waals surface area contributed by atoms with Crippen LogP contribution in [0, 0.1) is 0 Å². The van der Waals surface area contributed by atoms with Crippen LogP contribution in [0.5, 0.6) is 0 Å². The average Bonchev–Trinajstić information content (AvgIpc) is 3.39. The molecule has 8 heteroatoms. The minimum Gasteiger partial charge on any atom is -0.467 e. The SMILES string of the molecule is COC(=O)[C@H](Cc1ccccc1)N1CC(O)[C@H](NC(=O)OCC2c3ccccc3-c3ccccc32)C1=O. The van der Waals surface area contributed by atoms with Crippen molar-refractivity contribution in [1.82, 2.24) is 10.2 Å². The monoisotopic (exact) mass is 500 g/mol. The highest BCUT2D eigenvalue weighted by Gasteiger charge is 2.46. The van der Waals surface area contributed by atoms with Crippen molar-refractivity contribution >= 4 is 18.0 Å². The predicted octanol–water partition coefficient (Wildman–Crippen LogP) is 2.88. The van der Waals surface area contributed by atoms with Gasteiger partial charge in [-0.05, 0) is 27.8 Å². The fourth-order valence-corrected chi connectivity index (χ4v) is 5.24. The van der Waals surface area contributed by atoms with E-state index in [1.165, 1.54) is 12.0 Å². The number of aliphatic hydroxyl groups is 1. The highest BCUT2D eigenvalue weighted by molar-refractivity contribution is 5.92. The van der Waals surface area contributed by atoms with E-state index in [0.717, 1.165) is 27.8 Å². The summed E-state index contributed by atoms with van der Waals surface area (Å²) in [6.07, 6.45) is -1.78. The molecular weight excluding hydrogens is 472 g/mol. The lowest BCUT2D eigenvalue weighted by Gasteiger charge is -2.26. The van der Waals surface area contributed by atoms with Gasteiger partial charge in [-0.1, -0.05) is 78.9 Å². The van der Waals surface area contributed by atoms with Gasteiger partial charge in [0.25, 0.3) is 0 Å². The van der Waals surface area contributed by atoms with E-state index in [-0.39, 0.29) is 25.5 Å². The molecule has 190 valence electrons. The summed E-state index contributed by atoms with van der Waals surface area (Å²) in [5.74, 6) is -1.29. The first-order chi connectivity index (χ1) is 18.0. The molecule has 3 aromatic carbocycles. The lowest BCUT2D eigenvalue weighted by atomic mass is 9.98. The maximum absolute atomic E-state index is 13.2.